The van der Waals surface area contributed by atoms with Gasteiger partial charge in [0.05, 0.1) is 5.41 Å². The summed E-state index contributed by atoms with van der Waals surface area (Å²) in [4.78, 5) is 13.5. The van der Waals surface area contributed by atoms with Crippen molar-refractivity contribution in [3.8, 4) is 11.5 Å². The molecule has 2 aliphatic rings. The predicted octanol–water partition coefficient (Wildman–Crippen LogP) is 7.44. The molecule has 0 N–H and O–H groups in total. The maximum absolute atomic E-state index is 13.5. The van der Waals surface area contributed by atoms with Crippen LogP contribution in [0.4, 0.5) is 22.0 Å². The fourth-order valence-corrected chi connectivity index (χ4v) is 5.49. The summed E-state index contributed by atoms with van der Waals surface area (Å²) in [6.07, 6.45) is -0.414. The van der Waals surface area contributed by atoms with E-state index in [0.717, 1.165) is 82.8 Å². The van der Waals surface area contributed by atoms with Gasteiger partial charge in [0.2, 0.25) is 0 Å². The van der Waals surface area contributed by atoms with Crippen molar-refractivity contribution in [2.75, 3.05) is 0 Å². The van der Waals surface area contributed by atoms with Crippen LogP contribution in [-0.4, -0.2) is 18.3 Å². The summed E-state index contributed by atoms with van der Waals surface area (Å²) < 4.78 is 72.6. The third-order valence-corrected chi connectivity index (χ3v) is 7.21. The number of rotatable bonds is 6. The Bertz CT molecular complexity index is 745. The Kier molecular flexibility index (Phi) is 6.87. The minimum absolute atomic E-state index is 0.111. The van der Waals surface area contributed by atoms with Crippen LogP contribution < -0.4 is 9.47 Å². The fraction of sp³-hybridized carbons (Fsp3) is 0.696. The molecule has 0 bridgehead atoms. The number of hydrogen-bond donors (Lipinski definition) is 0. The van der Waals surface area contributed by atoms with Gasteiger partial charge in [-0.1, -0.05) is 45.4 Å². The maximum Gasteiger partial charge on any atom is 0.499 e. The molecule has 1 aromatic carbocycles. The van der Waals surface area contributed by atoms with E-state index in [1.807, 2.05) is 0 Å². The SMILES string of the molecule is CCC1(C2(C(=O)Oc3ccc(OC(F)(F)C(F)(F)F)cc3)CCCCC2)CCCCC1. The van der Waals surface area contributed by atoms with Crippen LogP contribution in [0.5, 0.6) is 11.5 Å². The van der Waals surface area contributed by atoms with Crippen LogP contribution in [0, 0.1) is 10.8 Å². The number of carbonyl (C=O) groups is 1. The molecule has 2 fully saturated rings. The molecule has 3 nitrogen and oxygen atoms in total. The average Bonchev–Trinajstić information content (AvgIpc) is 2.75. The van der Waals surface area contributed by atoms with Gasteiger partial charge in [-0.05, 0) is 61.8 Å². The monoisotopic (exact) mass is 448 g/mol. The standard InChI is InChI=1S/C23H29F5O3/c1-2-20(13-5-3-6-14-20)21(15-7-4-8-16-21)19(29)30-17-9-11-18(12-10-17)31-23(27,28)22(24,25)26/h9-12H,2-8,13-16H2,1H3. The highest BCUT2D eigenvalue weighted by Crippen LogP contribution is 2.59. The average molecular weight is 448 g/mol. The Morgan fingerprint density at radius 2 is 1.32 bits per heavy atom. The van der Waals surface area contributed by atoms with Gasteiger partial charge in [0.15, 0.2) is 0 Å². The van der Waals surface area contributed by atoms with Crippen LogP contribution in [0.15, 0.2) is 24.3 Å². The molecule has 2 saturated carbocycles. The second kappa shape index (κ2) is 8.94. The zero-order chi connectivity index (χ0) is 22.8. The van der Waals surface area contributed by atoms with Gasteiger partial charge in [0.1, 0.15) is 11.5 Å². The molecule has 2 aliphatic carbocycles. The molecule has 0 atom stereocenters. The highest BCUT2D eigenvalue weighted by atomic mass is 19.4. The second-order valence-corrected chi connectivity index (χ2v) is 8.81. The molecule has 0 heterocycles. The van der Waals surface area contributed by atoms with Crippen molar-refractivity contribution in [1.29, 1.82) is 0 Å². The van der Waals surface area contributed by atoms with Crippen molar-refractivity contribution < 1.29 is 36.2 Å². The Hall–Kier alpha value is -1.86. The lowest BCUT2D eigenvalue weighted by Crippen LogP contribution is -2.51. The molecular formula is C23H29F5O3. The zero-order valence-corrected chi connectivity index (χ0v) is 17.7. The van der Waals surface area contributed by atoms with Crippen molar-refractivity contribution >= 4 is 5.97 Å². The molecular weight excluding hydrogens is 419 g/mol. The van der Waals surface area contributed by atoms with E-state index in [0.29, 0.717) is 0 Å². The summed E-state index contributed by atoms with van der Waals surface area (Å²) >= 11 is 0. The third kappa shape index (κ3) is 4.67. The van der Waals surface area contributed by atoms with Crippen molar-refractivity contribution in [1.82, 2.24) is 0 Å². The number of hydrogen-bond acceptors (Lipinski definition) is 3. The quantitative estimate of drug-likeness (QED) is 0.258. The topological polar surface area (TPSA) is 35.5 Å². The predicted molar refractivity (Wildman–Crippen MR) is 105 cm³/mol. The summed E-state index contributed by atoms with van der Waals surface area (Å²) in [7, 11) is 0. The largest absolute Gasteiger partial charge is 0.499 e. The number of benzene rings is 1. The lowest BCUT2D eigenvalue weighted by atomic mass is 9.51. The molecule has 0 saturated heterocycles. The normalized spacial score (nSPS) is 21.4. The van der Waals surface area contributed by atoms with E-state index < -0.39 is 23.4 Å². The fourth-order valence-electron chi connectivity index (χ4n) is 5.49. The minimum atomic E-state index is -5.82. The zero-order valence-electron chi connectivity index (χ0n) is 17.7. The first-order valence-corrected chi connectivity index (χ1v) is 11.0. The van der Waals surface area contributed by atoms with Crippen LogP contribution in [0.25, 0.3) is 0 Å². The molecule has 8 heteroatoms. The summed E-state index contributed by atoms with van der Waals surface area (Å²) in [5.74, 6) is -0.864. The highest BCUT2D eigenvalue weighted by Gasteiger charge is 2.61. The van der Waals surface area contributed by atoms with E-state index in [1.54, 1.807) is 0 Å². The smallest absolute Gasteiger partial charge is 0.426 e. The molecule has 31 heavy (non-hydrogen) atoms. The maximum atomic E-state index is 13.5. The van der Waals surface area contributed by atoms with E-state index in [4.69, 9.17) is 4.74 Å². The number of ether oxygens (including phenoxy) is 2. The van der Waals surface area contributed by atoms with Gasteiger partial charge < -0.3 is 9.47 Å². The lowest BCUT2D eigenvalue weighted by molar-refractivity contribution is -0.360. The molecule has 0 aliphatic heterocycles. The summed E-state index contributed by atoms with van der Waals surface area (Å²) in [5.41, 5.74) is -0.695. The van der Waals surface area contributed by atoms with Gasteiger partial charge in [-0.25, -0.2) is 0 Å². The molecule has 1 aromatic rings. The Morgan fingerprint density at radius 3 is 1.81 bits per heavy atom. The van der Waals surface area contributed by atoms with Crippen molar-refractivity contribution in [2.45, 2.75) is 89.8 Å². The second-order valence-electron chi connectivity index (χ2n) is 8.81. The molecule has 0 aromatic heterocycles. The first kappa shape index (κ1) is 23.8. The third-order valence-electron chi connectivity index (χ3n) is 7.21. The summed E-state index contributed by atoms with van der Waals surface area (Å²) in [6, 6.07) is 4.28. The van der Waals surface area contributed by atoms with E-state index in [1.165, 1.54) is 12.1 Å². The first-order chi connectivity index (χ1) is 14.6. The van der Waals surface area contributed by atoms with Crippen LogP contribution in [0.3, 0.4) is 0 Å². The Morgan fingerprint density at radius 1 is 0.839 bits per heavy atom. The number of esters is 1. The molecule has 0 unspecified atom stereocenters. The van der Waals surface area contributed by atoms with Gasteiger partial charge in [-0.3, -0.25) is 4.79 Å². The van der Waals surface area contributed by atoms with Gasteiger partial charge >= 0.3 is 18.3 Å². The van der Waals surface area contributed by atoms with E-state index in [9.17, 15) is 26.7 Å². The van der Waals surface area contributed by atoms with E-state index in [-0.39, 0.29) is 17.1 Å². The Labute approximate surface area is 179 Å². The molecule has 0 amide bonds. The van der Waals surface area contributed by atoms with Gasteiger partial charge in [0, 0.05) is 0 Å². The summed E-state index contributed by atoms with van der Waals surface area (Å²) in [6.45, 7) is 2.13. The number of halogens is 5. The molecule has 0 spiro atoms. The van der Waals surface area contributed by atoms with Crippen molar-refractivity contribution in [3.63, 3.8) is 0 Å². The van der Waals surface area contributed by atoms with Crippen LogP contribution in [0.1, 0.15) is 77.6 Å². The van der Waals surface area contributed by atoms with Crippen LogP contribution >= 0.6 is 0 Å². The summed E-state index contributed by atoms with van der Waals surface area (Å²) in [5, 5.41) is 0. The lowest BCUT2D eigenvalue weighted by Gasteiger charge is -2.52. The van der Waals surface area contributed by atoms with Gasteiger partial charge in [-0.2, -0.15) is 22.0 Å². The number of carbonyl (C=O) groups excluding carboxylic acids is 1. The minimum Gasteiger partial charge on any atom is -0.426 e. The molecule has 3 rings (SSSR count). The molecule has 174 valence electrons. The van der Waals surface area contributed by atoms with Crippen LogP contribution in [-0.2, 0) is 4.79 Å². The first-order valence-electron chi connectivity index (χ1n) is 11.0. The Balaban J connectivity index is 1.78. The van der Waals surface area contributed by atoms with Crippen molar-refractivity contribution in [2.24, 2.45) is 10.8 Å². The van der Waals surface area contributed by atoms with Crippen molar-refractivity contribution in [3.05, 3.63) is 24.3 Å². The van der Waals surface area contributed by atoms with Gasteiger partial charge in [0.25, 0.3) is 0 Å². The van der Waals surface area contributed by atoms with Gasteiger partial charge in [-0.15, -0.1) is 0 Å². The van der Waals surface area contributed by atoms with E-state index >= 15 is 0 Å². The molecule has 0 radical (unpaired) electrons. The van der Waals surface area contributed by atoms with E-state index in [2.05, 4.69) is 11.7 Å². The highest BCUT2D eigenvalue weighted by molar-refractivity contribution is 5.80. The number of alkyl halides is 5. The van der Waals surface area contributed by atoms with Crippen LogP contribution in [0.2, 0.25) is 0 Å².